The number of aliphatic imine (C=N–C) groups is 1. The highest BCUT2D eigenvalue weighted by Gasteiger charge is 2.27. The number of thiophene rings is 1. The third-order valence-electron chi connectivity index (χ3n) is 3.05. The Labute approximate surface area is 124 Å². The first kappa shape index (κ1) is 12.3. The fourth-order valence-corrected chi connectivity index (χ4v) is 4.34. The Bertz CT molecular complexity index is 627. The molecule has 0 fully saturated rings. The standard InChI is InChI=1S/C13H10N2S2.BrH/c1-2-4-11-9(3-1)7-12(17-11)10-8-16-13-14-5-6-15(10)13;/h1-4,7-8H,5-6H2;1H. The molecule has 0 spiro atoms. The van der Waals surface area contributed by atoms with Gasteiger partial charge in [0.05, 0.1) is 17.1 Å². The molecule has 2 aliphatic heterocycles. The molecule has 0 saturated carbocycles. The summed E-state index contributed by atoms with van der Waals surface area (Å²) in [6, 6.07) is 10.8. The number of benzene rings is 1. The molecule has 4 rings (SSSR count). The van der Waals surface area contributed by atoms with Crippen molar-refractivity contribution in [2.24, 2.45) is 4.99 Å². The maximum Gasteiger partial charge on any atom is 0.168 e. The van der Waals surface area contributed by atoms with E-state index in [4.69, 9.17) is 0 Å². The third kappa shape index (κ3) is 1.81. The van der Waals surface area contributed by atoms with Crippen molar-refractivity contribution in [1.29, 1.82) is 0 Å². The zero-order chi connectivity index (χ0) is 11.2. The second-order valence-electron chi connectivity index (χ2n) is 4.09. The number of fused-ring (bicyclic) bond motifs is 2. The van der Waals surface area contributed by atoms with Gasteiger partial charge in [0, 0.05) is 16.7 Å². The second kappa shape index (κ2) is 4.72. The summed E-state index contributed by atoms with van der Waals surface area (Å²) in [5.74, 6) is 0. The zero-order valence-electron chi connectivity index (χ0n) is 9.50. The summed E-state index contributed by atoms with van der Waals surface area (Å²) in [6.45, 7) is 1.97. The van der Waals surface area contributed by atoms with Crippen molar-refractivity contribution >= 4 is 61.0 Å². The van der Waals surface area contributed by atoms with Gasteiger partial charge in [0.1, 0.15) is 0 Å². The second-order valence-corrected chi connectivity index (χ2v) is 6.01. The van der Waals surface area contributed by atoms with Gasteiger partial charge in [0.2, 0.25) is 0 Å². The Balaban J connectivity index is 0.000001000. The molecule has 1 aromatic carbocycles. The number of nitrogens with zero attached hydrogens (tertiary/aromatic N) is 2. The molecule has 0 saturated heterocycles. The van der Waals surface area contributed by atoms with Crippen LogP contribution in [0.4, 0.5) is 0 Å². The van der Waals surface area contributed by atoms with Gasteiger partial charge in [-0.2, -0.15) is 0 Å². The van der Waals surface area contributed by atoms with Crippen LogP contribution in [-0.4, -0.2) is 23.2 Å². The van der Waals surface area contributed by atoms with Gasteiger partial charge in [-0.15, -0.1) is 28.3 Å². The van der Waals surface area contributed by atoms with Crippen LogP contribution < -0.4 is 0 Å². The first-order valence-corrected chi connectivity index (χ1v) is 7.29. The molecule has 0 atom stereocenters. The van der Waals surface area contributed by atoms with Gasteiger partial charge in [-0.1, -0.05) is 30.0 Å². The fourth-order valence-electron chi connectivity index (χ4n) is 2.22. The number of halogens is 1. The lowest BCUT2D eigenvalue weighted by Gasteiger charge is -2.14. The van der Waals surface area contributed by atoms with Crippen LogP contribution in [0.15, 0.2) is 40.7 Å². The largest absolute Gasteiger partial charge is 0.317 e. The summed E-state index contributed by atoms with van der Waals surface area (Å²) in [7, 11) is 0. The SMILES string of the molecule is Br.C1=C(c2cc3ccccc3s2)N2CCN=C2S1. The molecular formula is C13H11BrN2S2. The molecule has 5 heteroatoms. The van der Waals surface area contributed by atoms with Gasteiger partial charge < -0.3 is 4.90 Å². The lowest BCUT2D eigenvalue weighted by atomic mass is 10.2. The van der Waals surface area contributed by atoms with Crippen molar-refractivity contribution in [2.45, 2.75) is 0 Å². The van der Waals surface area contributed by atoms with E-state index in [9.17, 15) is 0 Å². The summed E-state index contributed by atoms with van der Waals surface area (Å²) in [4.78, 5) is 8.17. The van der Waals surface area contributed by atoms with Crippen LogP contribution in [0.1, 0.15) is 4.88 Å². The molecule has 1 aromatic heterocycles. The number of thioether (sulfide) groups is 1. The minimum Gasteiger partial charge on any atom is -0.317 e. The lowest BCUT2D eigenvalue weighted by molar-refractivity contribution is 0.652. The molecule has 92 valence electrons. The molecule has 2 aromatic rings. The Morgan fingerprint density at radius 3 is 3.00 bits per heavy atom. The maximum absolute atomic E-state index is 4.49. The number of hydrogen-bond donors (Lipinski definition) is 0. The molecule has 2 nitrogen and oxygen atoms in total. The minimum atomic E-state index is 0. The van der Waals surface area contributed by atoms with E-state index in [0.717, 1.165) is 18.3 Å². The minimum absolute atomic E-state index is 0. The van der Waals surface area contributed by atoms with Crippen LogP contribution >= 0.6 is 40.1 Å². The van der Waals surface area contributed by atoms with Gasteiger partial charge in [-0.3, -0.25) is 4.99 Å². The van der Waals surface area contributed by atoms with Crippen LogP contribution in [0.2, 0.25) is 0 Å². The maximum atomic E-state index is 4.49. The molecule has 18 heavy (non-hydrogen) atoms. The Morgan fingerprint density at radius 1 is 1.22 bits per heavy atom. The summed E-state index contributed by atoms with van der Waals surface area (Å²) in [5.41, 5.74) is 1.33. The highest BCUT2D eigenvalue weighted by atomic mass is 79.9. The van der Waals surface area contributed by atoms with Crippen molar-refractivity contribution in [3.8, 4) is 0 Å². The van der Waals surface area contributed by atoms with Gasteiger partial charge in [-0.05, 0) is 17.5 Å². The van der Waals surface area contributed by atoms with E-state index in [1.807, 2.05) is 11.3 Å². The summed E-state index contributed by atoms with van der Waals surface area (Å²) < 4.78 is 1.36. The predicted molar refractivity (Wildman–Crippen MR) is 86.7 cm³/mol. The van der Waals surface area contributed by atoms with E-state index in [1.165, 1.54) is 20.7 Å². The van der Waals surface area contributed by atoms with Crippen LogP contribution in [0.5, 0.6) is 0 Å². The fraction of sp³-hybridized carbons (Fsp3) is 0.154. The van der Waals surface area contributed by atoms with E-state index < -0.39 is 0 Å². The molecule has 0 bridgehead atoms. The van der Waals surface area contributed by atoms with Crippen LogP contribution in [0, 0.1) is 0 Å². The van der Waals surface area contributed by atoms with E-state index in [2.05, 4.69) is 45.6 Å². The normalized spacial score (nSPS) is 17.4. The first-order chi connectivity index (χ1) is 8.42. The van der Waals surface area contributed by atoms with Gasteiger partial charge in [0.15, 0.2) is 5.17 Å². The van der Waals surface area contributed by atoms with E-state index in [-0.39, 0.29) is 17.0 Å². The Hall–Kier alpha value is -0.780. The lowest BCUT2D eigenvalue weighted by Crippen LogP contribution is -2.19. The number of rotatable bonds is 1. The molecule has 3 heterocycles. The van der Waals surface area contributed by atoms with E-state index in [0.29, 0.717) is 0 Å². The van der Waals surface area contributed by atoms with Crippen molar-refractivity contribution < 1.29 is 0 Å². The number of amidine groups is 1. The van der Waals surface area contributed by atoms with Gasteiger partial charge in [0.25, 0.3) is 0 Å². The highest BCUT2D eigenvalue weighted by molar-refractivity contribution is 8.93. The van der Waals surface area contributed by atoms with E-state index >= 15 is 0 Å². The van der Waals surface area contributed by atoms with Crippen molar-refractivity contribution in [3.63, 3.8) is 0 Å². The molecule has 0 amide bonds. The van der Waals surface area contributed by atoms with E-state index in [1.54, 1.807) is 11.8 Å². The van der Waals surface area contributed by atoms with Crippen LogP contribution in [-0.2, 0) is 0 Å². The Kier molecular flexibility index (Phi) is 3.21. The van der Waals surface area contributed by atoms with Crippen molar-refractivity contribution in [2.75, 3.05) is 13.1 Å². The zero-order valence-corrected chi connectivity index (χ0v) is 12.8. The monoisotopic (exact) mass is 338 g/mol. The van der Waals surface area contributed by atoms with Crippen LogP contribution in [0.25, 0.3) is 15.8 Å². The number of hydrogen-bond acceptors (Lipinski definition) is 4. The van der Waals surface area contributed by atoms with Crippen LogP contribution in [0.3, 0.4) is 0 Å². The Morgan fingerprint density at radius 2 is 2.11 bits per heavy atom. The average Bonchev–Trinajstić information content (AvgIpc) is 3.02. The topological polar surface area (TPSA) is 15.6 Å². The van der Waals surface area contributed by atoms with Gasteiger partial charge in [-0.25, -0.2) is 0 Å². The van der Waals surface area contributed by atoms with Crippen molar-refractivity contribution in [1.82, 2.24) is 4.90 Å². The van der Waals surface area contributed by atoms with Gasteiger partial charge >= 0.3 is 0 Å². The molecule has 0 unspecified atom stereocenters. The summed E-state index contributed by atoms with van der Waals surface area (Å²) in [6.07, 6.45) is 0. The first-order valence-electron chi connectivity index (χ1n) is 5.59. The molecule has 0 N–H and O–H groups in total. The summed E-state index contributed by atoms with van der Waals surface area (Å²) in [5, 5.41) is 4.73. The third-order valence-corrected chi connectivity index (χ3v) is 5.09. The molecule has 2 aliphatic rings. The quantitative estimate of drug-likeness (QED) is 0.774. The van der Waals surface area contributed by atoms with Crippen molar-refractivity contribution in [3.05, 3.63) is 40.6 Å². The molecule has 0 aliphatic carbocycles. The highest BCUT2D eigenvalue weighted by Crippen LogP contribution is 2.39. The molecule has 0 radical (unpaired) electrons. The average molecular weight is 339 g/mol. The summed E-state index contributed by atoms with van der Waals surface area (Å²) >= 11 is 3.61. The molecular weight excluding hydrogens is 328 g/mol. The predicted octanol–water partition coefficient (Wildman–Crippen LogP) is 4.20. The smallest absolute Gasteiger partial charge is 0.168 e.